The van der Waals surface area contributed by atoms with Gasteiger partial charge in [0, 0.05) is 25.1 Å². The molecule has 1 fully saturated rings. The molecule has 0 saturated carbocycles. The number of anilines is 1. The van der Waals surface area contributed by atoms with Crippen molar-refractivity contribution >= 4 is 44.0 Å². The fourth-order valence-electron chi connectivity index (χ4n) is 3.01. The highest BCUT2D eigenvalue weighted by molar-refractivity contribution is 7.89. The van der Waals surface area contributed by atoms with E-state index in [0.717, 1.165) is 43.5 Å². The summed E-state index contributed by atoms with van der Waals surface area (Å²) in [6.45, 7) is 3.08. The third kappa shape index (κ3) is 4.89. The van der Waals surface area contributed by atoms with Gasteiger partial charge in [0.2, 0.25) is 15.2 Å². The molecule has 1 N–H and O–H groups in total. The maximum absolute atomic E-state index is 12.8. The Bertz CT molecular complexity index is 940. The van der Waals surface area contributed by atoms with Crippen LogP contribution in [0.5, 0.6) is 0 Å². The third-order valence-electron chi connectivity index (χ3n) is 4.56. The highest BCUT2D eigenvalue weighted by Crippen LogP contribution is 2.28. The van der Waals surface area contributed by atoms with Gasteiger partial charge in [0.1, 0.15) is 9.90 Å². The van der Waals surface area contributed by atoms with Crippen LogP contribution >= 0.6 is 22.9 Å². The van der Waals surface area contributed by atoms with E-state index in [1.54, 1.807) is 0 Å². The van der Waals surface area contributed by atoms with Crippen molar-refractivity contribution in [3.63, 3.8) is 0 Å². The summed E-state index contributed by atoms with van der Waals surface area (Å²) in [7, 11) is -3.71. The molecule has 1 aliphatic rings. The molecule has 0 unspecified atom stereocenters. The second-order valence-corrected chi connectivity index (χ2v) is 10.0. The normalized spacial score (nSPS) is 15.1. The van der Waals surface area contributed by atoms with E-state index in [9.17, 15) is 13.2 Å². The van der Waals surface area contributed by atoms with E-state index in [-0.39, 0.29) is 15.5 Å². The molecule has 2 heterocycles. The zero-order valence-electron chi connectivity index (χ0n) is 15.6. The van der Waals surface area contributed by atoms with Gasteiger partial charge in [-0.15, -0.1) is 10.2 Å². The number of halogens is 1. The molecule has 0 aliphatic carbocycles. The smallest absolute Gasteiger partial charge is 0.257 e. The number of carbonyl (C=O) groups excluding carboxylic acids is 1. The summed E-state index contributed by atoms with van der Waals surface area (Å²) in [6.07, 6.45) is 5.78. The number of unbranched alkanes of at least 4 members (excludes halogenated alkanes) is 2. The van der Waals surface area contributed by atoms with Gasteiger partial charge in [0.25, 0.3) is 5.91 Å². The summed E-state index contributed by atoms with van der Waals surface area (Å²) >= 11 is 7.46. The summed E-state index contributed by atoms with van der Waals surface area (Å²) in [4.78, 5) is 12.5. The minimum absolute atomic E-state index is 0.0405. The molecule has 2 aromatic rings. The first-order chi connectivity index (χ1) is 13.4. The highest BCUT2D eigenvalue weighted by atomic mass is 35.5. The van der Waals surface area contributed by atoms with E-state index in [2.05, 4.69) is 22.4 Å². The summed E-state index contributed by atoms with van der Waals surface area (Å²) in [5, 5.41) is 12.2. The molecule has 1 amide bonds. The van der Waals surface area contributed by atoms with Crippen LogP contribution in [0.2, 0.25) is 5.02 Å². The van der Waals surface area contributed by atoms with Crippen molar-refractivity contribution in [2.75, 3.05) is 18.4 Å². The lowest BCUT2D eigenvalue weighted by molar-refractivity contribution is 0.102. The number of sulfonamides is 1. The average molecular weight is 443 g/mol. The number of aromatic nitrogens is 2. The second kappa shape index (κ2) is 9.30. The number of nitrogens with zero attached hydrogens (tertiary/aromatic N) is 3. The van der Waals surface area contributed by atoms with Gasteiger partial charge in [-0.25, -0.2) is 8.42 Å². The maximum Gasteiger partial charge on any atom is 0.257 e. The topological polar surface area (TPSA) is 92.3 Å². The second-order valence-electron chi connectivity index (χ2n) is 6.67. The number of hydrogen-bond donors (Lipinski definition) is 1. The van der Waals surface area contributed by atoms with Gasteiger partial charge in [-0.05, 0) is 37.5 Å². The first-order valence-corrected chi connectivity index (χ1v) is 12.0. The molecule has 10 heteroatoms. The van der Waals surface area contributed by atoms with Gasteiger partial charge in [-0.2, -0.15) is 4.31 Å². The number of aryl methyl sites for hydroxylation is 1. The summed E-state index contributed by atoms with van der Waals surface area (Å²) in [5.41, 5.74) is 0.213. The van der Waals surface area contributed by atoms with Crippen LogP contribution in [-0.4, -0.2) is 41.9 Å². The van der Waals surface area contributed by atoms with Crippen LogP contribution in [0.15, 0.2) is 23.1 Å². The van der Waals surface area contributed by atoms with Crippen molar-refractivity contribution in [3.05, 3.63) is 33.8 Å². The molecule has 1 aromatic heterocycles. The average Bonchev–Trinajstić information content (AvgIpc) is 3.34. The molecule has 1 aliphatic heterocycles. The number of rotatable bonds is 8. The van der Waals surface area contributed by atoms with Gasteiger partial charge in [-0.3, -0.25) is 10.1 Å². The monoisotopic (exact) mass is 442 g/mol. The van der Waals surface area contributed by atoms with Crippen LogP contribution in [0, 0.1) is 0 Å². The molecular weight excluding hydrogens is 420 g/mol. The first-order valence-electron chi connectivity index (χ1n) is 9.35. The Morgan fingerprint density at radius 3 is 2.71 bits per heavy atom. The van der Waals surface area contributed by atoms with Gasteiger partial charge < -0.3 is 0 Å². The standard InChI is InChI=1S/C18H23ClN4O3S2/c1-2-3-4-7-16-21-22-18(27-16)20-17(24)13-8-9-14(19)15(12-13)28(25,26)23-10-5-6-11-23/h8-9,12H,2-7,10-11H2,1H3,(H,20,22,24). The van der Waals surface area contributed by atoms with Gasteiger partial charge >= 0.3 is 0 Å². The van der Waals surface area contributed by atoms with Crippen LogP contribution in [0.4, 0.5) is 5.13 Å². The van der Waals surface area contributed by atoms with E-state index >= 15 is 0 Å². The van der Waals surface area contributed by atoms with Crippen molar-refractivity contribution in [2.24, 2.45) is 0 Å². The minimum Gasteiger partial charge on any atom is -0.296 e. The Labute approximate surface area is 174 Å². The number of hydrogen-bond acceptors (Lipinski definition) is 6. The largest absolute Gasteiger partial charge is 0.296 e. The molecule has 3 rings (SSSR count). The molecule has 0 radical (unpaired) electrons. The quantitative estimate of drug-likeness (QED) is 0.624. The molecule has 0 spiro atoms. The lowest BCUT2D eigenvalue weighted by Gasteiger charge is -2.17. The number of nitrogens with one attached hydrogen (secondary N) is 1. The van der Waals surface area contributed by atoms with Gasteiger partial charge in [-0.1, -0.05) is 42.7 Å². The molecular formula is C18H23ClN4O3S2. The van der Waals surface area contributed by atoms with E-state index in [1.807, 2.05) is 0 Å². The Morgan fingerprint density at radius 2 is 2.00 bits per heavy atom. The third-order valence-corrected chi connectivity index (χ3v) is 7.84. The van der Waals surface area contributed by atoms with Crippen molar-refractivity contribution in [1.29, 1.82) is 0 Å². The fourth-order valence-corrected chi connectivity index (χ4v) is 5.80. The zero-order chi connectivity index (χ0) is 20.1. The lowest BCUT2D eigenvalue weighted by Crippen LogP contribution is -2.28. The zero-order valence-corrected chi connectivity index (χ0v) is 18.0. The molecule has 152 valence electrons. The van der Waals surface area contributed by atoms with Crippen molar-refractivity contribution < 1.29 is 13.2 Å². The maximum atomic E-state index is 12.8. The van der Waals surface area contributed by atoms with Crippen molar-refractivity contribution in [1.82, 2.24) is 14.5 Å². The van der Waals surface area contributed by atoms with Gasteiger partial charge in [0.05, 0.1) is 5.02 Å². The van der Waals surface area contributed by atoms with Crippen LogP contribution in [0.1, 0.15) is 54.4 Å². The number of carbonyl (C=O) groups is 1. The van der Waals surface area contributed by atoms with E-state index in [4.69, 9.17) is 11.6 Å². The summed E-state index contributed by atoms with van der Waals surface area (Å²) < 4.78 is 27.0. The van der Waals surface area contributed by atoms with Gasteiger partial charge in [0.15, 0.2) is 0 Å². The highest BCUT2D eigenvalue weighted by Gasteiger charge is 2.29. The predicted molar refractivity (Wildman–Crippen MR) is 111 cm³/mol. The Morgan fingerprint density at radius 1 is 1.25 bits per heavy atom. The van der Waals surface area contributed by atoms with Crippen LogP contribution < -0.4 is 5.32 Å². The number of benzene rings is 1. The van der Waals surface area contributed by atoms with Crippen LogP contribution in [0.3, 0.4) is 0 Å². The van der Waals surface area contributed by atoms with Crippen LogP contribution in [0.25, 0.3) is 0 Å². The summed E-state index contributed by atoms with van der Waals surface area (Å²) in [6, 6.07) is 4.27. The Hall–Kier alpha value is -1.55. The molecule has 28 heavy (non-hydrogen) atoms. The molecule has 1 saturated heterocycles. The summed E-state index contributed by atoms with van der Waals surface area (Å²) in [5.74, 6) is -0.439. The first kappa shape index (κ1) is 21.2. The predicted octanol–water partition coefficient (Wildman–Crippen LogP) is 3.96. The molecule has 1 aromatic carbocycles. The van der Waals surface area contributed by atoms with Crippen molar-refractivity contribution in [3.8, 4) is 0 Å². The Balaban J connectivity index is 1.74. The SMILES string of the molecule is CCCCCc1nnc(NC(=O)c2ccc(Cl)c(S(=O)(=O)N3CCCC3)c2)s1. The van der Waals surface area contributed by atoms with E-state index < -0.39 is 15.9 Å². The van der Waals surface area contributed by atoms with E-state index in [1.165, 1.54) is 33.8 Å². The van der Waals surface area contributed by atoms with Crippen molar-refractivity contribution in [2.45, 2.75) is 50.3 Å². The van der Waals surface area contributed by atoms with E-state index in [0.29, 0.717) is 18.2 Å². The molecule has 0 atom stereocenters. The number of amides is 1. The Kier molecular flexibility index (Phi) is 7.03. The lowest BCUT2D eigenvalue weighted by atomic mass is 10.2. The fraction of sp³-hybridized carbons (Fsp3) is 0.500. The molecule has 0 bridgehead atoms. The molecule has 7 nitrogen and oxygen atoms in total. The van der Waals surface area contributed by atoms with Crippen LogP contribution in [-0.2, 0) is 16.4 Å². The minimum atomic E-state index is -3.71.